The first-order valence-corrected chi connectivity index (χ1v) is 7.43. The number of guanidine groups is 1. The van der Waals surface area contributed by atoms with E-state index in [0.29, 0.717) is 19.0 Å². The molecule has 0 aliphatic carbocycles. The standard InChI is InChI=1S/C16H20N6O/c1-11-12-6-4-5-7-13(12)23-14(11)8-18-16(17-2)19-9-15-21-20-10-22(15)3/h4-7,10H,8-9H2,1-3H3,(H2,17,18,19). The van der Waals surface area contributed by atoms with Crippen molar-refractivity contribution in [3.05, 3.63) is 47.7 Å². The summed E-state index contributed by atoms with van der Waals surface area (Å²) < 4.78 is 7.76. The van der Waals surface area contributed by atoms with Gasteiger partial charge in [0.1, 0.15) is 17.7 Å². The zero-order valence-electron chi connectivity index (χ0n) is 13.5. The fourth-order valence-corrected chi connectivity index (χ4v) is 2.41. The summed E-state index contributed by atoms with van der Waals surface area (Å²) in [4.78, 5) is 4.21. The summed E-state index contributed by atoms with van der Waals surface area (Å²) in [6, 6.07) is 8.04. The van der Waals surface area contributed by atoms with Crippen LogP contribution in [0.25, 0.3) is 11.0 Å². The number of benzene rings is 1. The molecule has 0 aliphatic rings. The lowest BCUT2D eigenvalue weighted by Crippen LogP contribution is -2.36. The van der Waals surface area contributed by atoms with Gasteiger partial charge in [0.15, 0.2) is 11.8 Å². The summed E-state index contributed by atoms with van der Waals surface area (Å²) in [5.74, 6) is 2.44. The highest BCUT2D eigenvalue weighted by Crippen LogP contribution is 2.24. The van der Waals surface area contributed by atoms with E-state index in [-0.39, 0.29) is 0 Å². The maximum atomic E-state index is 5.89. The quantitative estimate of drug-likeness (QED) is 0.566. The van der Waals surface area contributed by atoms with Crippen molar-refractivity contribution in [3.63, 3.8) is 0 Å². The molecule has 7 heteroatoms. The van der Waals surface area contributed by atoms with Gasteiger partial charge >= 0.3 is 0 Å². The summed E-state index contributed by atoms with van der Waals surface area (Å²) in [6.45, 7) is 3.19. The summed E-state index contributed by atoms with van der Waals surface area (Å²) in [5.41, 5.74) is 2.06. The average molecular weight is 312 g/mol. The molecule has 0 fully saturated rings. The molecule has 2 aromatic heterocycles. The van der Waals surface area contributed by atoms with E-state index >= 15 is 0 Å². The molecule has 0 saturated carbocycles. The molecule has 0 aliphatic heterocycles. The van der Waals surface area contributed by atoms with Gasteiger partial charge in [-0.1, -0.05) is 18.2 Å². The number of furan rings is 1. The van der Waals surface area contributed by atoms with E-state index in [1.807, 2.05) is 29.8 Å². The zero-order valence-corrected chi connectivity index (χ0v) is 13.5. The van der Waals surface area contributed by atoms with Crippen molar-refractivity contribution < 1.29 is 4.42 Å². The SMILES string of the molecule is CN=C(NCc1oc2ccccc2c1C)NCc1nncn1C. The monoisotopic (exact) mass is 312 g/mol. The molecule has 7 nitrogen and oxygen atoms in total. The molecule has 0 unspecified atom stereocenters. The molecule has 0 spiro atoms. The molecule has 120 valence electrons. The zero-order chi connectivity index (χ0) is 16.2. The minimum atomic E-state index is 0.551. The molecule has 0 saturated heterocycles. The molecule has 23 heavy (non-hydrogen) atoms. The van der Waals surface area contributed by atoms with Crippen LogP contribution in [0.15, 0.2) is 40.0 Å². The second-order valence-electron chi connectivity index (χ2n) is 5.28. The third-order valence-electron chi connectivity index (χ3n) is 3.80. The highest BCUT2D eigenvalue weighted by molar-refractivity contribution is 5.82. The number of nitrogens with one attached hydrogen (secondary N) is 2. The lowest BCUT2D eigenvalue weighted by atomic mass is 10.1. The predicted octanol–water partition coefficient (Wildman–Crippen LogP) is 1.73. The second kappa shape index (κ2) is 6.51. The van der Waals surface area contributed by atoms with E-state index in [9.17, 15) is 0 Å². The number of hydrogen-bond donors (Lipinski definition) is 2. The highest BCUT2D eigenvalue weighted by Gasteiger charge is 2.10. The van der Waals surface area contributed by atoms with E-state index in [2.05, 4.69) is 38.8 Å². The molecule has 2 N–H and O–H groups in total. The lowest BCUT2D eigenvalue weighted by Gasteiger charge is -2.10. The van der Waals surface area contributed by atoms with Crippen LogP contribution in [0.3, 0.4) is 0 Å². The molecule has 3 rings (SSSR count). The second-order valence-corrected chi connectivity index (χ2v) is 5.28. The van der Waals surface area contributed by atoms with Crippen LogP contribution in [0.4, 0.5) is 0 Å². The van der Waals surface area contributed by atoms with Gasteiger partial charge in [0.05, 0.1) is 13.1 Å². The van der Waals surface area contributed by atoms with Crippen LogP contribution in [0.5, 0.6) is 0 Å². The summed E-state index contributed by atoms with van der Waals surface area (Å²) in [7, 11) is 3.64. The first kappa shape index (κ1) is 15.1. The van der Waals surface area contributed by atoms with Crippen LogP contribution in [0, 0.1) is 6.92 Å². The molecule has 0 amide bonds. The summed E-state index contributed by atoms with van der Waals surface area (Å²) >= 11 is 0. The van der Waals surface area contributed by atoms with Gasteiger partial charge in [-0.15, -0.1) is 10.2 Å². The van der Waals surface area contributed by atoms with E-state index < -0.39 is 0 Å². The molecule has 0 atom stereocenters. The van der Waals surface area contributed by atoms with Crippen LogP contribution >= 0.6 is 0 Å². The minimum Gasteiger partial charge on any atom is -0.459 e. The van der Waals surface area contributed by atoms with Gasteiger partial charge in [-0.05, 0) is 13.0 Å². The van der Waals surface area contributed by atoms with Crippen molar-refractivity contribution in [2.45, 2.75) is 20.0 Å². The number of hydrogen-bond acceptors (Lipinski definition) is 4. The maximum absolute atomic E-state index is 5.89. The molecule has 0 bridgehead atoms. The van der Waals surface area contributed by atoms with Crippen LogP contribution in [0.2, 0.25) is 0 Å². The van der Waals surface area contributed by atoms with E-state index in [4.69, 9.17) is 4.42 Å². The predicted molar refractivity (Wildman–Crippen MR) is 89.0 cm³/mol. The van der Waals surface area contributed by atoms with Crippen LogP contribution in [-0.4, -0.2) is 27.8 Å². The first-order valence-electron chi connectivity index (χ1n) is 7.43. The number of nitrogens with zero attached hydrogens (tertiary/aromatic N) is 4. The van der Waals surface area contributed by atoms with E-state index in [1.165, 1.54) is 0 Å². The number of aliphatic imine (C=N–C) groups is 1. The molecular formula is C16H20N6O. The van der Waals surface area contributed by atoms with Crippen molar-refractivity contribution in [1.29, 1.82) is 0 Å². The van der Waals surface area contributed by atoms with E-state index in [0.717, 1.165) is 28.1 Å². The van der Waals surface area contributed by atoms with Crippen molar-refractivity contribution in [3.8, 4) is 0 Å². The Hall–Kier alpha value is -2.83. The largest absolute Gasteiger partial charge is 0.459 e. The Morgan fingerprint density at radius 2 is 2.04 bits per heavy atom. The number of aryl methyl sites for hydroxylation is 2. The van der Waals surface area contributed by atoms with E-state index in [1.54, 1.807) is 13.4 Å². The molecule has 3 aromatic rings. The third-order valence-corrected chi connectivity index (χ3v) is 3.80. The van der Waals surface area contributed by atoms with Crippen LogP contribution in [-0.2, 0) is 20.1 Å². The average Bonchev–Trinajstić information content (AvgIpc) is 3.12. The Morgan fingerprint density at radius 1 is 1.26 bits per heavy atom. The fourth-order valence-electron chi connectivity index (χ4n) is 2.41. The molecular weight excluding hydrogens is 292 g/mol. The van der Waals surface area contributed by atoms with Gasteiger partial charge < -0.3 is 19.6 Å². The van der Waals surface area contributed by atoms with Crippen LogP contribution < -0.4 is 10.6 Å². The molecule has 2 heterocycles. The van der Waals surface area contributed by atoms with Crippen LogP contribution in [0.1, 0.15) is 17.1 Å². The van der Waals surface area contributed by atoms with Crippen molar-refractivity contribution in [1.82, 2.24) is 25.4 Å². The Morgan fingerprint density at radius 3 is 2.74 bits per heavy atom. The Labute approximate surface area is 134 Å². The lowest BCUT2D eigenvalue weighted by molar-refractivity contribution is 0.534. The number of para-hydroxylation sites is 1. The van der Waals surface area contributed by atoms with Crippen molar-refractivity contribution in [2.75, 3.05) is 7.05 Å². The fraction of sp³-hybridized carbons (Fsp3) is 0.312. The number of aromatic nitrogens is 3. The van der Waals surface area contributed by atoms with Gasteiger partial charge in [0.2, 0.25) is 0 Å². The summed E-state index contributed by atoms with van der Waals surface area (Å²) in [5, 5.41) is 15.5. The van der Waals surface area contributed by atoms with Gasteiger partial charge in [0, 0.05) is 25.0 Å². The highest BCUT2D eigenvalue weighted by atomic mass is 16.3. The van der Waals surface area contributed by atoms with Crippen molar-refractivity contribution in [2.24, 2.45) is 12.0 Å². The number of fused-ring (bicyclic) bond motifs is 1. The third kappa shape index (κ3) is 3.18. The molecule has 0 radical (unpaired) electrons. The maximum Gasteiger partial charge on any atom is 0.191 e. The summed E-state index contributed by atoms with van der Waals surface area (Å²) in [6.07, 6.45) is 1.67. The smallest absolute Gasteiger partial charge is 0.191 e. The van der Waals surface area contributed by atoms with Gasteiger partial charge in [0.25, 0.3) is 0 Å². The Balaban J connectivity index is 1.63. The van der Waals surface area contributed by atoms with Gasteiger partial charge in [-0.3, -0.25) is 4.99 Å². The Kier molecular flexibility index (Phi) is 4.27. The Bertz CT molecular complexity index is 832. The van der Waals surface area contributed by atoms with Crippen molar-refractivity contribution >= 4 is 16.9 Å². The normalized spacial score (nSPS) is 11.9. The first-order chi connectivity index (χ1) is 11.2. The van der Waals surface area contributed by atoms with Gasteiger partial charge in [-0.25, -0.2) is 0 Å². The van der Waals surface area contributed by atoms with Gasteiger partial charge in [-0.2, -0.15) is 0 Å². The molecule has 1 aromatic carbocycles. The topological polar surface area (TPSA) is 80.3 Å². The minimum absolute atomic E-state index is 0.551. The number of rotatable bonds is 4.